The van der Waals surface area contributed by atoms with E-state index in [4.69, 9.17) is 4.74 Å². The minimum absolute atomic E-state index is 0.463. The second-order valence-corrected chi connectivity index (χ2v) is 10.1. The van der Waals surface area contributed by atoms with Crippen LogP contribution >= 0.6 is 7.26 Å². The van der Waals surface area contributed by atoms with Crippen LogP contribution in [-0.2, 0) is 9.53 Å². The number of ether oxygens (including phenoxy) is 1. The second-order valence-electron chi connectivity index (χ2n) is 6.07. The molecule has 0 spiro atoms. The summed E-state index contributed by atoms with van der Waals surface area (Å²) in [5, 5.41) is 4.16. The van der Waals surface area contributed by atoms with Crippen LogP contribution in [0, 0.1) is 0 Å². The molecule has 0 unspecified atom stereocenters. The van der Waals surface area contributed by atoms with Crippen molar-refractivity contribution in [2.24, 2.45) is 0 Å². The van der Waals surface area contributed by atoms with Gasteiger partial charge < -0.3 is 0 Å². The van der Waals surface area contributed by atoms with E-state index in [1.165, 1.54) is 15.9 Å². The van der Waals surface area contributed by atoms with Crippen molar-refractivity contribution < 1.29 is 9.53 Å². The first-order valence-corrected chi connectivity index (χ1v) is 10.8. The Labute approximate surface area is 149 Å². The van der Waals surface area contributed by atoms with Gasteiger partial charge in [0.1, 0.15) is 0 Å². The number of rotatable bonds is 8. The van der Waals surface area contributed by atoms with Gasteiger partial charge in [-0.15, -0.1) is 0 Å². The van der Waals surface area contributed by atoms with E-state index in [2.05, 4.69) is 91.0 Å². The average molecular weight is 350 g/mol. The zero-order valence-electron chi connectivity index (χ0n) is 14.2. The molecule has 0 bridgehead atoms. The van der Waals surface area contributed by atoms with Crippen LogP contribution in [0.1, 0.15) is 6.42 Å². The van der Waals surface area contributed by atoms with Crippen LogP contribution in [0.4, 0.5) is 0 Å². The molecule has 0 radical (unpaired) electrons. The van der Waals surface area contributed by atoms with Crippen molar-refractivity contribution >= 4 is 29.6 Å². The summed E-state index contributed by atoms with van der Waals surface area (Å²) in [5.74, 6) is 0. The Balaban J connectivity index is 2.15. The summed E-state index contributed by atoms with van der Waals surface area (Å²) in [7, 11) is -2.17. The Hall–Kier alpha value is -2.44. The van der Waals surface area contributed by atoms with Gasteiger partial charge in [-0.3, -0.25) is 0 Å². The topological polar surface area (TPSA) is 26.3 Å². The molecule has 3 rings (SSSR count). The molecule has 128 valence electrons. The molecule has 0 saturated heterocycles. The second kappa shape index (κ2) is 8.60. The minimum atomic E-state index is -2.17. The van der Waals surface area contributed by atoms with Crippen LogP contribution in [0.25, 0.3) is 0 Å². The zero-order valence-corrected chi connectivity index (χ0v) is 15.2. The van der Waals surface area contributed by atoms with Gasteiger partial charge in [-0.05, 0) is 0 Å². The first-order valence-electron chi connectivity index (χ1n) is 8.60. The van der Waals surface area contributed by atoms with E-state index in [0.29, 0.717) is 13.1 Å². The third-order valence-electron chi connectivity index (χ3n) is 4.68. The van der Waals surface area contributed by atoms with Gasteiger partial charge in [0, 0.05) is 0 Å². The van der Waals surface area contributed by atoms with Gasteiger partial charge in [-0.1, -0.05) is 0 Å². The van der Waals surface area contributed by atoms with Gasteiger partial charge in [0.15, 0.2) is 0 Å². The van der Waals surface area contributed by atoms with Crippen molar-refractivity contribution in [1.29, 1.82) is 0 Å². The van der Waals surface area contributed by atoms with Gasteiger partial charge in [0.2, 0.25) is 0 Å². The predicted octanol–water partition coefficient (Wildman–Crippen LogP) is 3.28. The fraction of sp³-hybridized carbons (Fsp3) is 0.136. The van der Waals surface area contributed by atoms with E-state index >= 15 is 0 Å². The van der Waals surface area contributed by atoms with Crippen LogP contribution in [0.3, 0.4) is 0 Å². The summed E-state index contributed by atoms with van der Waals surface area (Å²) in [6.07, 6.45) is 1.85. The van der Waals surface area contributed by atoms with E-state index in [9.17, 15) is 4.79 Å². The molecule has 3 heteroatoms. The average Bonchev–Trinajstić information content (AvgIpc) is 2.70. The Morgan fingerprint density at radius 3 is 1.44 bits per heavy atom. The third-order valence-corrected chi connectivity index (χ3v) is 9.74. The molecule has 0 aromatic heterocycles. The quantitative estimate of drug-likeness (QED) is 0.354. The standard InChI is InChI=1S/C22H23O2P/c23-19-24-17-10-18-25(20-11-4-1-5-12-20,21-13-6-2-7-14-21)22-15-8-3-9-16-22/h1-9,11-16,19,25H,10,17-18H2. The fourth-order valence-corrected chi connectivity index (χ4v) is 8.39. The van der Waals surface area contributed by atoms with Gasteiger partial charge in [0.25, 0.3) is 0 Å². The van der Waals surface area contributed by atoms with Crippen LogP contribution in [0.2, 0.25) is 0 Å². The number of hydrogen-bond donors (Lipinski definition) is 0. The van der Waals surface area contributed by atoms with E-state index < -0.39 is 7.26 Å². The number of carbonyl (C=O) groups excluding carboxylic acids is 1. The molecule has 0 N–H and O–H groups in total. The number of carbonyl (C=O) groups is 1. The number of benzene rings is 3. The summed E-state index contributed by atoms with van der Waals surface area (Å²) < 4.78 is 4.98. The molecular weight excluding hydrogens is 327 g/mol. The van der Waals surface area contributed by atoms with E-state index in [0.717, 1.165) is 12.6 Å². The first-order chi connectivity index (χ1) is 12.4. The van der Waals surface area contributed by atoms with Crippen LogP contribution < -0.4 is 15.9 Å². The summed E-state index contributed by atoms with van der Waals surface area (Å²) in [4.78, 5) is 10.5. The first kappa shape index (κ1) is 17.4. The Morgan fingerprint density at radius 2 is 1.08 bits per heavy atom. The molecule has 3 aromatic carbocycles. The van der Waals surface area contributed by atoms with E-state index in [1.807, 2.05) is 0 Å². The van der Waals surface area contributed by atoms with E-state index in [1.54, 1.807) is 0 Å². The Morgan fingerprint density at radius 1 is 0.680 bits per heavy atom. The molecule has 0 aliphatic carbocycles. The van der Waals surface area contributed by atoms with Crippen molar-refractivity contribution in [3.05, 3.63) is 91.0 Å². The Kier molecular flexibility index (Phi) is 5.98. The van der Waals surface area contributed by atoms with Gasteiger partial charge >= 0.3 is 149 Å². The van der Waals surface area contributed by atoms with Crippen molar-refractivity contribution in [3.63, 3.8) is 0 Å². The van der Waals surface area contributed by atoms with Crippen LogP contribution in [-0.4, -0.2) is 19.2 Å². The van der Waals surface area contributed by atoms with Crippen LogP contribution in [0.5, 0.6) is 0 Å². The maximum absolute atomic E-state index is 10.5. The van der Waals surface area contributed by atoms with Gasteiger partial charge in [-0.2, -0.15) is 0 Å². The summed E-state index contributed by atoms with van der Waals surface area (Å²) in [5.41, 5.74) is 0. The molecule has 0 aliphatic heterocycles. The van der Waals surface area contributed by atoms with Crippen molar-refractivity contribution in [2.45, 2.75) is 6.42 Å². The third kappa shape index (κ3) is 3.81. The molecule has 0 saturated carbocycles. The Bertz CT molecular complexity index is 676. The number of hydrogen-bond acceptors (Lipinski definition) is 2. The van der Waals surface area contributed by atoms with E-state index in [-0.39, 0.29) is 0 Å². The molecule has 0 atom stereocenters. The monoisotopic (exact) mass is 350 g/mol. The summed E-state index contributed by atoms with van der Waals surface area (Å²) >= 11 is 0. The van der Waals surface area contributed by atoms with Crippen molar-refractivity contribution in [3.8, 4) is 0 Å². The molecule has 0 amide bonds. The molecule has 0 fully saturated rings. The molecule has 2 nitrogen and oxygen atoms in total. The molecule has 0 aliphatic rings. The molecule has 25 heavy (non-hydrogen) atoms. The molecular formula is C22H23O2P. The zero-order chi connectivity index (χ0) is 17.4. The predicted molar refractivity (Wildman–Crippen MR) is 108 cm³/mol. The van der Waals surface area contributed by atoms with Crippen molar-refractivity contribution in [1.82, 2.24) is 0 Å². The molecule has 3 aromatic rings. The normalized spacial score (nSPS) is 11.7. The van der Waals surface area contributed by atoms with Gasteiger partial charge in [0.05, 0.1) is 0 Å². The molecule has 0 heterocycles. The maximum atomic E-state index is 10.5. The van der Waals surface area contributed by atoms with Gasteiger partial charge in [-0.25, -0.2) is 0 Å². The van der Waals surface area contributed by atoms with Crippen LogP contribution in [0.15, 0.2) is 91.0 Å². The van der Waals surface area contributed by atoms with Crippen molar-refractivity contribution in [2.75, 3.05) is 12.8 Å². The summed E-state index contributed by atoms with van der Waals surface area (Å²) in [6.45, 7) is 1.00. The SMILES string of the molecule is O=COCCC[PH](c1ccccc1)(c1ccccc1)c1ccccc1. The summed E-state index contributed by atoms with van der Waals surface area (Å²) in [6, 6.07) is 32.3. The fourth-order valence-electron chi connectivity index (χ4n) is 3.57.